The standard InChI is InChI=1S/2C16H34O5S.Ca/c2*1-2-3-4-5-6-7-8-9-10-11-12-13-14-20-15-16-21-22(17,18)19;/h2*2-16H2,1H3,(H,17,18,19);/q;;+2/p-2. The summed E-state index contributed by atoms with van der Waals surface area (Å²) in [5, 5.41) is 0. The first-order valence-corrected chi connectivity index (χ1v) is 20.1. The van der Waals surface area contributed by atoms with Gasteiger partial charge in [-0.15, -0.1) is 0 Å². The van der Waals surface area contributed by atoms with Crippen LogP contribution in [0.25, 0.3) is 0 Å². The van der Waals surface area contributed by atoms with Crippen molar-refractivity contribution in [2.24, 2.45) is 0 Å². The molecule has 0 aliphatic rings. The minimum absolute atomic E-state index is 0. The zero-order valence-corrected chi connectivity index (χ0v) is 32.7. The van der Waals surface area contributed by atoms with Crippen molar-refractivity contribution in [3.05, 3.63) is 0 Å². The third-order valence-electron chi connectivity index (χ3n) is 7.20. The molecule has 0 saturated heterocycles. The Labute approximate surface area is 307 Å². The molecule has 0 unspecified atom stereocenters. The molecule has 268 valence electrons. The molecule has 0 aromatic heterocycles. The summed E-state index contributed by atoms with van der Waals surface area (Å²) in [4.78, 5) is 0. The molecule has 0 fully saturated rings. The number of ether oxygens (including phenoxy) is 2. The van der Waals surface area contributed by atoms with Crippen LogP contribution in [0.4, 0.5) is 0 Å². The normalized spacial score (nSPS) is 11.6. The molecule has 0 rings (SSSR count). The predicted molar refractivity (Wildman–Crippen MR) is 181 cm³/mol. The van der Waals surface area contributed by atoms with Crippen molar-refractivity contribution in [1.82, 2.24) is 0 Å². The van der Waals surface area contributed by atoms with Gasteiger partial charge in [0.2, 0.25) is 20.8 Å². The van der Waals surface area contributed by atoms with E-state index in [0.29, 0.717) is 13.2 Å². The van der Waals surface area contributed by atoms with E-state index in [0.717, 1.165) is 25.7 Å². The third-order valence-corrected chi connectivity index (χ3v) is 8.11. The Balaban J connectivity index is -0.000000767. The van der Waals surface area contributed by atoms with Crippen molar-refractivity contribution < 1.29 is 43.8 Å². The van der Waals surface area contributed by atoms with Crippen molar-refractivity contribution in [2.75, 3.05) is 39.6 Å². The molecular formula is C32H66CaO10S2. The topological polar surface area (TPSA) is 151 Å². The van der Waals surface area contributed by atoms with E-state index in [1.165, 1.54) is 128 Å². The fourth-order valence-electron chi connectivity index (χ4n) is 4.68. The molecule has 0 aromatic rings. The second-order valence-corrected chi connectivity index (χ2v) is 13.6. The van der Waals surface area contributed by atoms with Crippen molar-refractivity contribution in [2.45, 2.75) is 168 Å². The number of rotatable bonds is 34. The fraction of sp³-hybridized carbons (Fsp3) is 1.00. The summed E-state index contributed by atoms with van der Waals surface area (Å²) >= 11 is 0. The van der Waals surface area contributed by atoms with Gasteiger partial charge in [0.05, 0.1) is 26.4 Å². The van der Waals surface area contributed by atoms with E-state index >= 15 is 0 Å². The van der Waals surface area contributed by atoms with Gasteiger partial charge in [-0.1, -0.05) is 155 Å². The minimum Gasteiger partial charge on any atom is -0.726 e. The van der Waals surface area contributed by atoms with Crippen LogP contribution in [0.3, 0.4) is 0 Å². The van der Waals surface area contributed by atoms with Crippen LogP contribution in [0.1, 0.15) is 168 Å². The van der Waals surface area contributed by atoms with Gasteiger partial charge in [0, 0.05) is 13.2 Å². The van der Waals surface area contributed by atoms with E-state index < -0.39 is 20.8 Å². The Morgan fingerprint density at radius 1 is 0.356 bits per heavy atom. The molecule has 0 N–H and O–H groups in total. The largest absolute Gasteiger partial charge is 2.00 e. The average molecular weight is 715 g/mol. The maximum absolute atomic E-state index is 10.1. The van der Waals surface area contributed by atoms with E-state index in [9.17, 15) is 25.9 Å². The van der Waals surface area contributed by atoms with E-state index in [1.807, 2.05) is 0 Å². The summed E-state index contributed by atoms with van der Waals surface area (Å²) in [5.41, 5.74) is 0. The van der Waals surface area contributed by atoms with Gasteiger partial charge < -0.3 is 18.6 Å². The van der Waals surface area contributed by atoms with Gasteiger partial charge in [0.15, 0.2) is 0 Å². The molecule has 0 aliphatic carbocycles. The van der Waals surface area contributed by atoms with Gasteiger partial charge in [0.25, 0.3) is 0 Å². The van der Waals surface area contributed by atoms with E-state index in [-0.39, 0.29) is 64.2 Å². The van der Waals surface area contributed by atoms with E-state index in [2.05, 4.69) is 22.2 Å². The van der Waals surface area contributed by atoms with Crippen molar-refractivity contribution in [3.8, 4) is 0 Å². The zero-order valence-electron chi connectivity index (χ0n) is 28.8. The smallest absolute Gasteiger partial charge is 0.726 e. The van der Waals surface area contributed by atoms with Crippen LogP contribution >= 0.6 is 0 Å². The van der Waals surface area contributed by atoms with Crippen LogP contribution in [-0.4, -0.2) is 103 Å². The maximum atomic E-state index is 10.1. The molecule has 0 amide bonds. The first-order chi connectivity index (χ1) is 21.1. The molecule has 0 saturated carbocycles. The second-order valence-electron chi connectivity index (χ2n) is 11.5. The maximum Gasteiger partial charge on any atom is 2.00 e. The quantitative estimate of drug-likeness (QED) is 0.0278. The summed E-state index contributed by atoms with van der Waals surface area (Å²) in [5.74, 6) is 0. The van der Waals surface area contributed by atoms with Crippen LogP contribution in [-0.2, 0) is 38.6 Å². The van der Waals surface area contributed by atoms with Gasteiger partial charge >= 0.3 is 37.7 Å². The first-order valence-electron chi connectivity index (χ1n) is 17.5. The van der Waals surface area contributed by atoms with Gasteiger partial charge in [-0.05, 0) is 12.8 Å². The van der Waals surface area contributed by atoms with E-state index in [1.54, 1.807) is 0 Å². The Morgan fingerprint density at radius 3 is 0.800 bits per heavy atom. The van der Waals surface area contributed by atoms with Gasteiger partial charge in [-0.3, -0.25) is 8.37 Å². The van der Waals surface area contributed by atoms with Crippen LogP contribution in [0.5, 0.6) is 0 Å². The molecule has 0 heterocycles. The van der Waals surface area contributed by atoms with E-state index in [4.69, 9.17) is 9.47 Å². The van der Waals surface area contributed by atoms with Crippen molar-refractivity contribution >= 4 is 58.5 Å². The summed E-state index contributed by atoms with van der Waals surface area (Å²) < 4.78 is 79.3. The van der Waals surface area contributed by atoms with Gasteiger partial charge in [-0.2, -0.15) is 0 Å². The van der Waals surface area contributed by atoms with Crippen molar-refractivity contribution in [3.63, 3.8) is 0 Å². The Hall–Kier alpha value is 0.920. The predicted octanol–water partition coefficient (Wildman–Crippen LogP) is 7.98. The SMILES string of the molecule is CCCCCCCCCCCCCCOCCOS(=O)(=O)[O-].CCCCCCCCCCCCCCOCCOS(=O)(=O)[O-].[Ca+2]. The molecule has 10 nitrogen and oxygen atoms in total. The van der Waals surface area contributed by atoms with Crippen LogP contribution in [0.15, 0.2) is 0 Å². The molecule has 0 aromatic carbocycles. The number of hydrogen-bond donors (Lipinski definition) is 0. The summed E-state index contributed by atoms with van der Waals surface area (Å²) in [7, 11) is -9.15. The summed E-state index contributed by atoms with van der Waals surface area (Å²) in [6.07, 6.45) is 31.0. The number of hydrogen-bond acceptors (Lipinski definition) is 10. The minimum atomic E-state index is -4.57. The van der Waals surface area contributed by atoms with Crippen LogP contribution < -0.4 is 0 Å². The molecule has 45 heavy (non-hydrogen) atoms. The zero-order chi connectivity index (χ0) is 33.0. The van der Waals surface area contributed by atoms with Crippen LogP contribution in [0.2, 0.25) is 0 Å². The fourth-order valence-corrected chi connectivity index (χ4v) is 5.23. The summed E-state index contributed by atoms with van der Waals surface area (Å²) in [6.45, 7) is 5.61. The molecule has 0 aliphatic heterocycles. The Kier molecular flexibility index (Phi) is 44.0. The average Bonchev–Trinajstić information content (AvgIpc) is 2.96. The molecule has 0 spiro atoms. The molecular weight excluding hydrogens is 649 g/mol. The third kappa shape index (κ3) is 54.6. The van der Waals surface area contributed by atoms with Gasteiger partial charge in [0.1, 0.15) is 0 Å². The second kappa shape index (κ2) is 39.4. The Morgan fingerprint density at radius 2 is 0.578 bits per heavy atom. The number of unbranched alkanes of at least 4 members (excludes halogenated alkanes) is 22. The Bertz CT molecular complexity index is 704. The molecule has 13 heteroatoms. The van der Waals surface area contributed by atoms with Gasteiger partial charge in [-0.25, -0.2) is 16.8 Å². The monoisotopic (exact) mass is 714 g/mol. The van der Waals surface area contributed by atoms with Crippen LogP contribution in [0, 0.1) is 0 Å². The first kappa shape index (κ1) is 50.3. The molecule has 0 bridgehead atoms. The van der Waals surface area contributed by atoms with Crippen molar-refractivity contribution in [1.29, 1.82) is 0 Å². The molecule has 0 atom stereocenters. The summed E-state index contributed by atoms with van der Waals surface area (Å²) in [6, 6.07) is 0. The molecule has 0 radical (unpaired) electrons.